The molecule has 3 N–H and O–H groups in total. The Hall–Kier alpha value is -2.45. The van der Waals surface area contributed by atoms with Crippen LogP contribution in [0.1, 0.15) is 36.9 Å². The van der Waals surface area contributed by atoms with Crippen LogP contribution in [0.4, 0.5) is 0 Å². The lowest BCUT2D eigenvalue weighted by Gasteiger charge is -2.37. The Morgan fingerprint density at radius 1 is 1.03 bits per heavy atom. The van der Waals surface area contributed by atoms with Crippen molar-refractivity contribution in [3.8, 4) is 0 Å². The van der Waals surface area contributed by atoms with Gasteiger partial charge in [-0.3, -0.25) is 14.4 Å². The van der Waals surface area contributed by atoms with E-state index in [2.05, 4.69) is 5.32 Å². The third-order valence-corrected chi connectivity index (χ3v) is 6.37. The molecule has 0 bridgehead atoms. The first-order valence-electron chi connectivity index (χ1n) is 10.4. The number of rotatable bonds is 6. The minimum atomic E-state index is -0.585. The molecule has 30 heavy (non-hydrogen) atoms. The van der Waals surface area contributed by atoms with Gasteiger partial charge < -0.3 is 20.9 Å². The fraction of sp³-hybridized carbons (Fsp3) is 0.500. The Morgan fingerprint density at radius 3 is 2.20 bits per heavy atom. The maximum atomic E-state index is 13.2. The Kier molecular flexibility index (Phi) is 7.10. The zero-order valence-corrected chi connectivity index (χ0v) is 18.6. The third kappa shape index (κ3) is 5.17. The van der Waals surface area contributed by atoms with E-state index in [0.717, 1.165) is 10.1 Å². The van der Waals surface area contributed by atoms with Gasteiger partial charge in [-0.05, 0) is 36.8 Å². The molecule has 1 saturated heterocycles. The number of carbonyl (C=O) groups is 3. The monoisotopic (exact) mass is 430 g/mol. The smallest absolute Gasteiger partial charge is 0.262 e. The summed E-state index contributed by atoms with van der Waals surface area (Å²) in [5, 5.41) is 3.98. The van der Waals surface area contributed by atoms with Gasteiger partial charge in [0.05, 0.1) is 10.9 Å². The van der Waals surface area contributed by atoms with E-state index >= 15 is 0 Å². The molecule has 1 fully saturated rings. The predicted octanol–water partition coefficient (Wildman–Crippen LogP) is 2.06. The molecule has 162 valence electrons. The number of nitrogens with zero attached hydrogens (tertiary/aromatic N) is 2. The fourth-order valence-electron chi connectivity index (χ4n) is 3.67. The van der Waals surface area contributed by atoms with Crippen LogP contribution in [0.25, 0.3) is 10.1 Å². The van der Waals surface area contributed by atoms with Gasteiger partial charge in [0, 0.05) is 30.9 Å². The van der Waals surface area contributed by atoms with Crippen LogP contribution in [0.15, 0.2) is 30.3 Å². The summed E-state index contributed by atoms with van der Waals surface area (Å²) in [7, 11) is 0. The van der Waals surface area contributed by atoms with Crippen molar-refractivity contribution in [2.24, 2.45) is 11.7 Å². The first-order chi connectivity index (χ1) is 14.3. The largest absolute Gasteiger partial charge is 0.340 e. The topological polar surface area (TPSA) is 95.7 Å². The number of piperazine rings is 1. The van der Waals surface area contributed by atoms with Gasteiger partial charge in [-0.25, -0.2) is 0 Å². The van der Waals surface area contributed by atoms with Gasteiger partial charge >= 0.3 is 0 Å². The maximum Gasteiger partial charge on any atom is 0.262 e. The molecule has 1 aromatic heterocycles. The molecule has 0 aliphatic carbocycles. The highest BCUT2D eigenvalue weighted by Crippen LogP contribution is 2.25. The lowest BCUT2D eigenvalue weighted by molar-refractivity contribution is -0.141. The number of fused-ring (bicyclic) bond motifs is 1. The van der Waals surface area contributed by atoms with Crippen LogP contribution in [0.5, 0.6) is 0 Å². The van der Waals surface area contributed by atoms with Crippen LogP contribution in [0.3, 0.4) is 0 Å². The van der Waals surface area contributed by atoms with E-state index in [1.807, 2.05) is 44.2 Å². The summed E-state index contributed by atoms with van der Waals surface area (Å²) in [6, 6.07) is 8.59. The van der Waals surface area contributed by atoms with Crippen LogP contribution in [-0.4, -0.2) is 65.8 Å². The molecular formula is C22H30N4O3S. The van der Waals surface area contributed by atoms with E-state index in [-0.39, 0.29) is 23.6 Å². The number of carbonyl (C=O) groups excluding carboxylic acids is 3. The van der Waals surface area contributed by atoms with Crippen LogP contribution >= 0.6 is 11.3 Å². The number of nitrogens with one attached hydrogen (secondary N) is 1. The molecule has 3 amide bonds. The number of hydrogen-bond acceptors (Lipinski definition) is 5. The van der Waals surface area contributed by atoms with Crippen molar-refractivity contribution in [1.29, 1.82) is 0 Å². The Labute approximate surface area is 181 Å². The van der Waals surface area contributed by atoms with Crippen molar-refractivity contribution < 1.29 is 14.4 Å². The summed E-state index contributed by atoms with van der Waals surface area (Å²) >= 11 is 1.43. The van der Waals surface area contributed by atoms with E-state index in [0.29, 0.717) is 37.5 Å². The van der Waals surface area contributed by atoms with E-state index in [9.17, 15) is 14.4 Å². The van der Waals surface area contributed by atoms with Gasteiger partial charge in [-0.15, -0.1) is 11.3 Å². The first kappa shape index (κ1) is 22.2. The maximum absolute atomic E-state index is 13.2. The molecule has 7 nitrogen and oxygen atoms in total. The molecule has 8 heteroatoms. The summed E-state index contributed by atoms with van der Waals surface area (Å²) < 4.78 is 1.05. The van der Waals surface area contributed by atoms with Crippen molar-refractivity contribution in [1.82, 2.24) is 15.1 Å². The number of benzene rings is 1. The zero-order chi connectivity index (χ0) is 21.8. The summed E-state index contributed by atoms with van der Waals surface area (Å²) in [6.45, 7) is 7.56. The van der Waals surface area contributed by atoms with Crippen molar-refractivity contribution in [3.63, 3.8) is 0 Å². The van der Waals surface area contributed by atoms with Gasteiger partial charge in [-0.2, -0.15) is 0 Å². The van der Waals surface area contributed by atoms with E-state index < -0.39 is 12.1 Å². The number of amides is 3. The highest BCUT2D eigenvalue weighted by molar-refractivity contribution is 7.20. The molecule has 1 aliphatic rings. The van der Waals surface area contributed by atoms with Crippen molar-refractivity contribution >= 4 is 39.1 Å². The van der Waals surface area contributed by atoms with E-state index in [1.54, 1.807) is 16.7 Å². The van der Waals surface area contributed by atoms with Gasteiger partial charge in [0.25, 0.3) is 5.91 Å². The Bertz CT molecular complexity index is 883. The van der Waals surface area contributed by atoms with E-state index in [1.165, 1.54) is 11.3 Å². The average Bonchev–Trinajstić information content (AvgIpc) is 3.16. The van der Waals surface area contributed by atoms with Crippen molar-refractivity contribution in [2.45, 2.75) is 39.3 Å². The second-order valence-electron chi connectivity index (χ2n) is 8.24. The van der Waals surface area contributed by atoms with Crippen molar-refractivity contribution in [2.75, 3.05) is 26.2 Å². The summed E-state index contributed by atoms with van der Waals surface area (Å²) in [5.74, 6) is -0.159. The minimum Gasteiger partial charge on any atom is -0.340 e. The van der Waals surface area contributed by atoms with Crippen LogP contribution < -0.4 is 11.1 Å². The second kappa shape index (κ2) is 9.57. The standard InChI is InChI=1S/C22H30N4O3S/c1-14(2)12-17(22(29)26-10-8-25(9-11-26)21(28)15(3)23)24-20(27)19-13-16-6-4-5-7-18(16)30-19/h4-7,13-15,17H,8-12,23H2,1-3H3,(H,24,27)/t15?,17-/m0/s1. The predicted molar refractivity (Wildman–Crippen MR) is 119 cm³/mol. The molecule has 0 spiro atoms. The minimum absolute atomic E-state index is 0.0916. The van der Waals surface area contributed by atoms with Gasteiger partial charge in [0.15, 0.2) is 0 Å². The number of hydrogen-bond donors (Lipinski definition) is 2. The number of thiophene rings is 1. The molecule has 3 rings (SSSR count). The second-order valence-corrected chi connectivity index (χ2v) is 9.33. The molecule has 0 saturated carbocycles. The Balaban J connectivity index is 1.67. The molecule has 1 aromatic carbocycles. The summed E-state index contributed by atoms with van der Waals surface area (Å²) in [4.78, 5) is 42.2. The average molecular weight is 431 g/mol. The third-order valence-electron chi connectivity index (χ3n) is 5.25. The lowest BCUT2D eigenvalue weighted by atomic mass is 10.0. The highest BCUT2D eigenvalue weighted by Gasteiger charge is 2.31. The summed E-state index contributed by atoms with van der Waals surface area (Å²) in [5.41, 5.74) is 5.68. The van der Waals surface area contributed by atoms with Gasteiger partial charge in [-0.1, -0.05) is 32.0 Å². The normalized spacial score (nSPS) is 16.6. The Morgan fingerprint density at radius 2 is 1.63 bits per heavy atom. The SMILES string of the molecule is CC(C)C[C@H](NC(=O)c1cc2ccccc2s1)C(=O)N1CCN(C(=O)C(C)N)CC1. The molecule has 2 aromatic rings. The molecule has 1 unspecified atom stereocenters. The quantitative estimate of drug-likeness (QED) is 0.733. The molecule has 2 atom stereocenters. The molecule has 1 aliphatic heterocycles. The first-order valence-corrected chi connectivity index (χ1v) is 11.2. The van der Waals surface area contributed by atoms with Crippen LogP contribution in [0, 0.1) is 5.92 Å². The molecule has 0 radical (unpaired) electrons. The van der Waals surface area contributed by atoms with Crippen LogP contribution in [-0.2, 0) is 9.59 Å². The summed E-state index contributed by atoms with van der Waals surface area (Å²) in [6.07, 6.45) is 0.564. The molecular weight excluding hydrogens is 400 g/mol. The highest BCUT2D eigenvalue weighted by atomic mass is 32.1. The van der Waals surface area contributed by atoms with Crippen molar-refractivity contribution in [3.05, 3.63) is 35.2 Å². The van der Waals surface area contributed by atoms with Crippen LogP contribution in [0.2, 0.25) is 0 Å². The lowest BCUT2D eigenvalue weighted by Crippen LogP contribution is -2.57. The number of nitrogens with two attached hydrogens (primary N) is 1. The fourth-order valence-corrected chi connectivity index (χ4v) is 4.64. The zero-order valence-electron chi connectivity index (χ0n) is 17.8. The van der Waals surface area contributed by atoms with Gasteiger partial charge in [0.2, 0.25) is 11.8 Å². The molecule has 2 heterocycles. The van der Waals surface area contributed by atoms with E-state index in [4.69, 9.17) is 5.73 Å². The van der Waals surface area contributed by atoms with Gasteiger partial charge in [0.1, 0.15) is 6.04 Å².